The minimum Gasteiger partial charge on any atom is -0.387 e. The fourth-order valence-electron chi connectivity index (χ4n) is 1.27. The number of halogens is 1. The molecule has 1 N–H and O–H groups in total. The fraction of sp³-hybridized carbons (Fsp3) is 0.200. The maximum atomic E-state index is 9.86. The van der Waals surface area contributed by atoms with Crippen LogP contribution >= 0.6 is 34.1 Å². The molecular formula is C10H9IN2OS. The summed E-state index contributed by atoms with van der Waals surface area (Å²) in [6, 6.07) is 8.12. The van der Waals surface area contributed by atoms with Gasteiger partial charge in [-0.15, -0.1) is 5.10 Å². The minimum atomic E-state index is -0.495. The van der Waals surface area contributed by atoms with E-state index >= 15 is 0 Å². The Labute approximate surface area is 105 Å². The summed E-state index contributed by atoms with van der Waals surface area (Å²) in [5, 5.41) is 13.6. The second-order valence-electron chi connectivity index (χ2n) is 3.17. The Balaban J connectivity index is 2.06. The van der Waals surface area contributed by atoms with Crippen LogP contribution in [-0.2, 0) is 6.42 Å². The lowest BCUT2D eigenvalue weighted by Gasteiger charge is -2.07. The summed E-state index contributed by atoms with van der Waals surface area (Å²) in [6.07, 6.45) is 1.73. The van der Waals surface area contributed by atoms with Crippen molar-refractivity contribution in [2.45, 2.75) is 12.5 Å². The van der Waals surface area contributed by atoms with Crippen LogP contribution in [-0.4, -0.2) is 14.7 Å². The van der Waals surface area contributed by atoms with Gasteiger partial charge in [-0.25, -0.2) is 0 Å². The first-order valence-corrected chi connectivity index (χ1v) is 6.30. The first kappa shape index (κ1) is 11.0. The Morgan fingerprint density at radius 3 is 2.67 bits per heavy atom. The van der Waals surface area contributed by atoms with Crippen LogP contribution in [0.2, 0.25) is 0 Å². The molecule has 0 fully saturated rings. The molecular weight excluding hydrogens is 323 g/mol. The van der Waals surface area contributed by atoms with Crippen LogP contribution in [0.1, 0.15) is 16.5 Å². The van der Waals surface area contributed by atoms with Crippen LogP contribution in [0.3, 0.4) is 0 Å². The van der Waals surface area contributed by atoms with Crippen molar-refractivity contribution in [1.82, 2.24) is 9.59 Å². The smallest absolute Gasteiger partial charge is 0.0954 e. The number of aliphatic hydroxyl groups is 1. The van der Waals surface area contributed by atoms with E-state index in [2.05, 4.69) is 32.2 Å². The molecule has 0 saturated carbocycles. The summed E-state index contributed by atoms with van der Waals surface area (Å²) in [4.78, 5) is 0.813. The molecule has 0 aliphatic carbocycles. The van der Waals surface area contributed by atoms with Crippen molar-refractivity contribution in [2.24, 2.45) is 0 Å². The third-order valence-corrected chi connectivity index (χ3v) is 3.53. The number of benzene rings is 1. The summed E-state index contributed by atoms with van der Waals surface area (Å²) in [7, 11) is 0. The molecule has 3 nitrogen and oxygen atoms in total. The van der Waals surface area contributed by atoms with E-state index in [0.717, 1.165) is 10.4 Å². The molecule has 1 heterocycles. The number of rotatable bonds is 3. The number of aromatic nitrogens is 2. The van der Waals surface area contributed by atoms with E-state index in [1.807, 2.05) is 24.3 Å². The lowest BCUT2D eigenvalue weighted by molar-refractivity contribution is 0.182. The van der Waals surface area contributed by atoms with Crippen molar-refractivity contribution in [3.05, 3.63) is 44.5 Å². The molecule has 1 aromatic heterocycles. The van der Waals surface area contributed by atoms with E-state index in [-0.39, 0.29) is 0 Å². The Bertz CT molecular complexity index is 415. The molecule has 0 aliphatic heterocycles. The quantitative estimate of drug-likeness (QED) is 0.878. The Hall–Kier alpha value is -0.530. The van der Waals surface area contributed by atoms with Gasteiger partial charge in [0, 0.05) is 9.99 Å². The Kier molecular flexibility index (Phi) is 3.66. The van der Waals surface area contributed by atoms with Crippen LogP contribution in [0.25, 0.3) is 0 Å². The van der Waals surface area contributed by atoms with Crippen molar-refractivity contribution < 1.29 is 5.11 Å². The summed E-state index contributed by atoms with van der Waals surface area (Å²) < 4.78 is 4.93. The number of hydrogen-bond donors (Lipinski definition) is 1. The predicted molar refractivity (Wildman–Crippen MR) is 67.7 cm³/mol. The van der Waals surface area contributed by atoms with E-state index in [0.29, 0.717) is 6.42 Å². The minimum absolute atomic E-state index is 0.495. The van der Waals surface area contributed by atoms with Gasteiger partial charge >= 0.3 is 0 Å². The third-order valence-electron chi connectivity index (χ3n) is 2.05. The monoisotopic (exact) mass is 332 g/mol. The van der Waals surface area contributed by atoms with Gasteiger partial charge < -0.3 is 5.11 Å². The molecule has 15 heavy (non-hydrogen) atoms. The Morgan fingerprint density at radius 2 is 2.07 bits per heavy atom. The van der Waals surface area contributed by atoms with Crippen molar-refractivity contribution >= 4 is 34.1 Å². The van der Waals surface area contributed by atoms with Gasteiger partial charge in [0.05, 0.1) is 17.2 Å². The molecule has 2 rings (SSSR count). The van der Waals surface area contributed by atoms with Gasteiger partial charge in [-0.3, -0.25) is 0 Å². The maximum absolute atomic E-state index is 9.86. The summed E-state index contributed by atoms with van der Waals surface area (Å²) in [5.74, 6) is 0. The van der Waals surface area contributed by atoms with E-state index in [1.54, 1.807) is 6.20 Å². The lowest BCUT2D eigenvalue weighted by Crippen LogP contribution is -1.99. The van der Waals surface area contributed by atoms with Crippen molar-refractivity contribution in [2.75, 3.05) is 0 Å². The highest BCUT2D eigenvalue weighted by molar-refractivity contribution is 14.1. The van der Waals surface area contributed by atoms with Gasteiger partial charge in [0.15, 0.2) is 0 Å². The van der Waals surface area contributed by atoms with Crippen molar-refractivity contribution in [3.63, 3.8) is 0 Å². The molecule has 0 aliphatic rings. The first-order chi connectivity index (χ1) is 7.25. The molecule has 1 aromatic carbocycles. The van der Waals surface area contributed by atoms with Gasteiger partial charge in [0.25, 0.3) is 0 Å². The molecule has 0 radical (unpaired) electrons. The zero-order valence-electron chi connectivity index (χ0n) is 7.80. The molecule has 0 spiro atoms. The van der Waals surface area contributed by atoms with Crippen molar-refractivity contribution in [3.8, 4) is 0 Å². The molecule has 78 valence electrons. The summed E-state index contributed by atoms with van der Waals surface area (Å²) >= 11 is 3.50. The third kappa shape index (κ3) is 2.96. The molecule has 1 unspecified atom stereocenters. The second kappa shape index (κ2) is 5.00. The van der Waals surface area contributed by atoms with E-state index in [9.17, 15) is 5.11 Å². The standard InChI is InChI=1S/C10H9IN2OS/c11-8-3-1-7(2-4-8)5-9(14)10-6-12-13-15-10/h1-4,6,9,14H,5H2. The van der Waals surface area contributed by atoms with Gasteiger partial charge in [-0.2, -0.15) is 0 Å². The molecule has 0 saturated heterocycles. The van der Waals surface area contributed by atoms with Gasteiger partial charge in [-0.1, -0.05) is 16.6 Å². The summed E-state index contributed by atoms with van der Waals surface area (Å²) in [6.45, 7) is 0. The zero-order chi connectivity index (χ0) is 10.7. The maximum Gasteiger partial charge on any atom is 0.0954 e. The number of nitrogens with zero attached hydrogens (tertiary/aromatic N) is 2. The average Bonchev–Trinajstić information content (AvgIpc) is 2.74. The van der Waals surface area contributed by atoms with E-state index in [4.69, 9.17) is 0 Å². The van der Waals surface area contributed by atoms with Gasteiger partial charge in [0.2, 0.25) is 0 Å². The molecule has 5 heteroatoms. The molecule has 0 amide bonds. The normalized spacial score (nSPS) is 12.7. The van der Waals surface area contributed by atoms with Gasteiger partial charge in [0.1, 0.15) is 0 Å². The highest BCUT2D eigenvalue weighted by Gasteiger charge is 2.10. The average molecular weight is 332 g/mol. The van der Waals surface area contributed by atoms with Crippen LogP contribution in [0.15, 0.2) is 30.5 Å². The summed E-state index contributed by atoms with van der Waals surface area (Å²) in [5.41, 5.74) is 1.12. The highest BCUT2D eigenvalue weighted by Crippen LogP contribution is 2.20. The molecule has 2 aromatic rings. The van der Waals surface area contributed by atoms with E-state index in [1.165, 1.54) is 15.1 Å². The predicted octanol–water partition coefficient (Wildman–Crippen LogP) is 2.42. The first-order valence-electron chi connectivity index (χ1n) is 4.45. The largest absolute Gasteiger partial charge is 0.387 e. The number of hydrogen-bond acceptors (Lipinski definition) is 4. The van der Waals surface area contributed by atoms with Crippen LogP contribution in [0.5, 0.6) is 0 Å². The second-order valence-corrected chi connectivity index (χ2v) is 5.23. The van der Waals surface area contributed by atoms with Crippen LogP contribution in [0.4, 0.5) is 0 Å². The SMILES string of the molecule is OC(Cc1ccc(I)cc1)c1cnns1. The molecule has 0 bridgehead atoms. The molecule has 1 atom stereocenters. The van der Waals surface area contributed by atoms with Gasteiger partial charge in [-0.05, 0) is 51.8 Å². The van der Waals surface area contributed by atoms with Crippen LogP contribution < -0.4 is 0 Å². The van der Waals surface area contributed by atoms with Crippen LogP contribution in [0, 0.1) is 3.57 Å². The zero-order valence-corrected chi connectivity index (χ0v) is 10.8. The number of aliphatic hydroxyl groups excluding tert-OH is 1. The van der Waals surface area contributed by atoms with E-state index < -0.39 is 6.10 Å². The highest BCUT2D eigenvalue weighted by atomic mass is 127. The fourth-order valence-corrected chi connectivity index (χ4v) is 2.11. The van der Waals surface area contributed by atoms with Crippen molar-refractivity contribution in [1.29, 1.82) is 0 Å². The lowest BCUT2D eigenvalue weighted by atomic mass is 10.1. The Morgan fingerprint density at radius 1 is 1.33 bits per heavy atom. The topological polar surface area (TPSA) is 46.0 Å².